The van der Waals surface area contributed by atoms with E-state index in [0.717, 1.165) is 18.2 Å². The zero-order valence-electron chi connectivity index (χ0n) is 10.2. The SMILES string of the molecule is CNCc1sc(-c2c(F)cccc2F)nc1C(F)(F)F. The molecule has 0 bridgehead atoms. The maximum absolute atomic E-state index is 13.6. The number of alkyl halides is 3. The van der Waals surface area contributed by atoms with Crippen molar-refractivity contribution >= 4 is 11.3 Å². The third kappa shape index (κ3) is 2.80. The van der Waals surface area contributed by atoms with Crippen LogP contribution in [0.3, 0.4) is 0 Å². The molecule has 1 aromatic heterocycles. The lowest BCUT2D eigenvalue weighted by atomic mass is 10.2. The second-order valence-corrected chi connectivity index (χ2v) is 5.00. The van der Waals surface area contributed by atoms with Crippen LogP contribution in [0.2, 0.25) is 0 Å². The topological polar surface area (TPSA) is 24.9 Å². The molecule has 0 spiro atoms. The molecule has 20 heavy (non-hydrogen) atoms. The summed E-state index contributed by atoms with van der Waals surface area (Å²) in [4.78, 5) is 3.25. The van der Waals surface area contributed by atoms with Crippen LogP contribution < -0.4 is 5.32 Å². The van der Waals surface area contributed by atoms with Gasteiger partial charge in [0.05, 0.1) is 10.4 Å². The third-order valence-corrected chi connectivity index (χ3v) is 3.55. The summed E-state index contributed by atoms with van der Waals surface area (Å²) in [7, 11) is 1.48. The number of nitrogens with one attached hydrogen (secondary N) is 1. The Kier molecular flexibility index (Phi) is 4.05. The summed E-state index contributed by atoms with van der Waals surface area (Å²) >= 11 is 0.619. The maximum atomic E-state index is 13.6. The van der Waals surface area contributed by atoms with Crippen molar-refractivity contribution in [2.24, 2.45) is 0 Å². The summed E-state index contributed by atoms with van der Waals surface area (Å²) in [5.41, 5.74) is -1.65. The molecule has 0 radical (unpaired) electrons. The van der Waals surface area contributed by atoms with E-state index in [1.165, 1.54) is 7.05 Å². The van der Waals surface area contributed by atoms with Gasteiger partial charge in [-0.25, -0.2) is 13.8 Å². The van der Waals surface area contributed by atoms with Crippen LogP contribution in [0.25, 0.3) is 10.6 Å². The van der Waals surface area contributed by atoms with E-state index in [9.17, 15) is 22.0 Å². The fourth-order valence-electron chi connectivity index (χ4n) is 1.66. The first kappa shape index (κ1) is 14.9. The molecule has 0 aliphatic rings. The zero-order valence-corrected chi connectivity index (χ0v) is 11.0. The van der Waals surface area contributed by atoms with Crippen LogP contribution in [-0.2, 0) is 12.7 Å². The van der Waals surface area contributed by atoms with Crippen LogP contribution in [0.1, 0.15) is 10.6 Å². The number of aromatic nitrogens is 1. The van der Waals surface area contributed by atoms with Crippen LogP contribution in [0.15, 0.2) is 18.2 Å². The van der Waals surface area contributed by atoms with Crippen LogP contribution in [0.4, 0.5) is 22.0 Å². The lowest BCUT2D eigenvalue weighted by molar-refractivity contribution is -0.141. The van der Waals surface area contributed by atoms with Crippen molar-refractivity contribution in [1.29, 1.82) is 0 Å². The van der Waals surface area contributed by atoms with Gasteiger partial charge in [0.1, 0.15) is 16.6 Å². The molecule has 0 amide bonds. The predicted octanol–water partition coefficient (Wildman–Crippen LogP) is 3.83. The second-order valence-electron chi connectivity index (χ2n) is 3.92. The van der Waals surface area contributed by atoms with E-state index in [1.807, 2.05) is 0 Å². The van der Waals surface area contributed by atoms with Crippen molar-refractivity contribution in [1.82, 2.24) is 10.3 Å². The molecule has 0 aliphatic carbocycles. The first-order valence-electron chi connectivity index (χ1n) is 5.50. The van der Waals surface area contributed by atoms with E-state index in [1.54, 1.807) is 0 Å². The summed E-state index contributed by atoms with van der Waals surface area (Å²) in [5, 5.41) is 2.25. The van der Waals surface area contributed by atoms with Crippen molar-refractivity contribution < 1.29 is 22.0 Å². The minimum absolute atomic E-state index is 0.0808. The van der Waals surface area contributed by atoms with Crippen LogP contribution in [0.5, 0.6) is 0 Å². The number of halogens is 5. The fraction of sp³-hybridized carbons (Fsp3) is 0.250. The van der Waals surface area contributed by atoms with Gasteiger partial charge in [0.25, 0.3) is 0 Å². The molecule has 0 saturated heterocycles. The van der Waals surface area contributed by atoms with E-state index in [0.29, 0.717) is 11.3 Å². The number of thiazole rings is 1. The fourth-order valence-corrected chi connectivity index (χ4v) is 2.80. The highest BCUT2D eigenvalue weighted by Gasteiger charge is 2.37. The number of hydrogen-bond acceptors (Lipinski definition) is 3. The lowest BCUT2D eigenvalue weighted by Gasteiger charge is -2.04. The summed E-state index contributed by atoms with van der Waals surface area (Å²) < 4.78 is 65.7. The molecule has 0 unspecified atom stereocenters. The molecule has 0 atom stereocenters. The van der Waals surface area contributed by atoms with E-state index >= 15 is 0 Å². The monoisotopic (exact) mass is 308 g/mol. The molecule has 0 saturated carbocycles. The first-order valence-corrected chi connectivity index (χ1v) is 6.32. The minimum atomic E-state index is -4.66. The van der Waals surface area contributed by atoms with Gasteiger partial charge in [-0.3, -0.25) is 0 Å². The van der Waals surface area contributed by atoms with Gasteiger partial charge < -0.3 is 5.32 Å². The van der Waals surface area contributed by atoms with Gasteiger partial charge in [-0.05, 0) is 19.2 Å². The molecule has 1 heterocycles. The zero-order chi connectivity index (χ0) is 14.9. The van der Waals surface area contributed by atoms with Crippen molar-refractivity contribution in [2.75, 3.05) is 7.05 Å². The Balaban J connectivity index is 2.59. The highest BCUT2D eigenvalue weighted by atomic mass is 32.1. The van der Waals surface area contributed by atoms with Gasteiger partial charge in [-0.2, -0.15) is 13.2 Å². The van der Waals surface area contributed by atoms with Crippen molar-refractivity contribution in [3.05, 3.63) is 40.4 Å². The average molecular weight is 308 g/mol. The largest absolute Gasteiger partial charge is 0.434 e. The number of benzene rings is 1. The van der Waals surface area contributed by atoms with Gasteiger partial charge in [0.15, 0.2) is 5.69 Å². The number of nitrogens with zero attached hydrogens (tertiary/aromatic N) is 1. The molecule has 0 fully saturated rings. The van der Waals surface area contributed by atoms with Gasteiger partial charge in [-0.1, -0.05) is 6.07 Å². The van der Waals surface area contributed by atoms with Gasteiger partial charge in [0, 0.05) is 6.54 Å². The van der Waals surface area contributed by atoms with Crippen molar-refractivity contribution in [2.45, 2.75) is 12.7 Å². The van der Waals surface area contributed by atoms with Crippen LogP contribution >= 0.6 is 11.3 Å². The standard InChI is InChI=1S/C12H9F5N2S/c1-18-5-8-10(12(15,16)17)19-11(20-8)9-6(13)3-2-4-7(9)14/h2-4,18H,5H2,1H3. The molecule has 0 aliphatic heterocycles. The third-order valence-electron chi connectivity index (χ3n) is 2.48. The minimum Gasteiger partial charge on any atom is -0.315 e. The molecule has 2 rings (SSSR count). The van der Waals surface area contributed by atoms with Gasteiger partial charge in [0.2, 0.25) is 0 Å². The predicted molar refractivity (Wildman–Crippen MR) is 65.2 cm³/mol. The first-order chi connectivity index (χ1) is 9.34. The van der Waals surface area contributed by atoms with Crippen LogP contribution in [0, 0.1) is 11.6 Å². The van der Waals surface area contributed by atoms with Crippen molar-refractivity contribution in [3.8, 4) is 10.6 Å². The Hall–Kier alpha value is -1.54. The summed E-state index contributed by atoms with van der Waals surface area (Å²) in [6.45, 7) is -0.0808. The molecular weight excluding hydrogens is 299 g/mol. The quantitative estimate of drug-likeness (QED) is 0.872. The average Bonchev–Trinajstić information content (AvgIpc) is 2.73. The van der Waals surface area contributed by atoms with E-state index in [4.69, 9.17) is 0 Å². The Labute approximate surface area is 115 Å². The normalized spacial score (nSPS) is 11.9. The smallest absolute Gasteiger partial charge is 0.315 e. The van der Waals surface area contributed by atoms with Gasteiger partial charge >= 0.3 is 6.18 Å². The Morgan fingerprint density at radius 1 is 1.20 bits per heavy atom. The molecule has 1 aromatic carbocycles. The van der Waals surface area contributed by atoms with Crippen LogP contribution in [-0.4, -0.2) is 12.0 Å². The maximum Gasteiger partial charge on any atom is 0.434 e. The molecule has 2 nitrogen and oxygen atoms in total. The summed E-state index contributed by atoms with van der Waals surface area (Å²) in [5.74, 6) is -1.88. The Bertz CT molecular complexity index is 601. The highest BCUT2D eigenvalue weighted by molar-refractivity contribution is 7.15. The molecule has 1 N–H and O–H groups in total. The Morgan fingerprint density at radius 2 is 1.80 bits per heavy atom. The number of hydrogen-bond donors (Lipinski definition) is 1. The molecular formula is C12H9F5N2S. The van der Waals surface area contributed by atoms with E-state index in [-0.39, 0.29) is 16.4 Å². The lowest BCUT2D eigenvalue weighted by Crippen LogP contribution is -2.12. The van der Waals surface area contributed by atoms with E-state index < -0.39 is 29.1 Å². The highest BCUT2D eigenvalue weighted by Crippen LogP contribution is 2.38. The molecule has 2 aromatic rings. The molecule has 108 valence electrons. The van der Waals surface area contributed by atoms with E-state index in [2.05, 4.69) is 10.3 Å². The number of rotatable bonds is 3. The summed E-state index contributed by atoms with van der Waals surface area (Å²) in [6, 6.07) is 3.09. The molecule has 8 heteroatoms. The van der Waals surface area contributed by atoms with Gasteiger partial charge in [-0.15, -0.1) is 11.3 Å². The van der Waals surface area contributed by atoms with Crippen molar-refractivity contribution in [3.63, 3.8) is 0 Å². The Morgan fingerprint density at radius 3 is 2.30 bits per heavy atom. The second kappa shape index (κ2) is 5.45. The summed E-state index contributed by atoms with van der Waals surface area (Å²) in [6.07, 6.45) is -4.66.